The van der Waals surface area contributed by atoms with Crippen LogP contribution in [0.15, 0.2) is 24.3 Å². The first-order chi connectivity index (χ1) is 4.88. The van der Waals surface area contributed by atoms with Crippen molar-refractivity contribution in [2.75, 3.05) is 0 Å². The highest BCUT2D eigenvalue weighted by Gasteiger charge is 2.28. The Hall–Kier alpha value is -0.850. The van der Waals surface area contributed by atoms with Crippen LogP contribution in [0.1, 0.15) is 12.8 Å². The van der Waals surface area contributed by atoms with Gasteiger partial charge in [0.2, 0.25) is 0 Å². The summed E-state index contributed by atoms with van der Waals surface area (Å²) in [6.07, 6.45) is 10.2. The summed E-state index contributed by atoms with van der Waals surface area (Å²) in [5.74, 6) is 0.845. The van der Waals surface area contributed by atoms with E-state index in [0.717, 1.165) is 12.8 Å². The molecule has 0 aromatic heterocycles. The van der Waals surface area contributed by atoms with Gasteiger partial charge in [0.1, 0.15) is 5.78 Å². The van der Waals surface area contributed by atoms with Gasteiger partial charge in [0.25, 0.3) is 0 Å². The minimum Gasteiger partial charge on any atom is -0.298 e. The smallest absolute Gasteiger partial charge is 0.147 e. The van der Waals surface area contributed by atoms with E-state index in [-0.39, 0.29) is 11.8 Å². The third-order valence-corrected chi connectivity index (χ3v) is 2.25. The first-order valence-electron chi connectivity index (χ1n) is 3.75. The van der Waals surface area contributed by atoms with Crippen LogP contribution in [-0.4, -0.2) is 5.78 Å². The maximum Gasteiger partial charge on any atom is 0.147 e. The predicted molar refractivity (Wildman–Crippen MR) is 39.5 cm³/mol. The molecule has 0 radical (unpaired) electrons. The second-order valence-corrected chi connectivity index (χ2v) is 2.94. The number of hydrogen-bond acceptors (Lipinski definition) is 1. The molecular weight excluding hydrogens is 124 g/mol. The van der Waals surface area contributed by atoms with Crippen LogP contribution < -0.4 is 0 Å². The van der Waals surface area contributed by atoms with E-state index in [1.165, 1.54) is 0 Å². The molecule has 52 valence electrons. The zero-order valence-electron chi connectivity index (χ0n) is 5.79. The Balaban J connectivity index is 2.29. The minimum absolute atomic E-state index is 0.212. The zero-order chi connectivity index (χ0) is 6.97. The second-order valence-electron chi connectivity index (χ2n) is 2.94. The maximum atomic E-state index is 11.3. The van der Waals surface area contributed by atoms with E-state index in [0.29, 0.717) is 5.78 Å². The van der Waals surface area contributed by atoms with Gasteiger partial charge in [-0.05, 0) is 12.8 Å². The van der Waals surface area contributed by atoms with E-state index < -0.39 is 0 Å². The molecule has 0 N–H and O–H groups in total. The predicted octanol–water partition coefficient (Wildman–Crippen LogP) is 1.71. The lowest BCUT2D eigenvalue weighted by molar-refractivity contribution is -0.122. The average Bonchev–Trinajstić information content (AvgIpc) is 2.06. The first kappa shape index (κ1) is 5.90. The lowest BCUT2D eigenvalue weighted by atomic mass is 10.00. The van der Waals surface area contributed by atoms with Crippen LogP contribution >= 0.6 is 0 Å². The van der Waals surface area contributed by atoms with Crippen molar-refractivity contribution in [2.45, 2.75) is 12.8 Å². The Labute approximate surface area is 60.4 Å². The monoisotopic (exact) mass is 134 g/mol. The number of rotatable bonds is 0. The Kier molecular flexibility index (Phi) is 1.23. The molecule has 1 nitrogen and oxygen atoms in total. The van der Waals surface area contributed by atoms with Crippen molar-refractivity contribution in [3.63, 3.8) is 0 Å². The van der Waals surface area contributed by atoms with E-state index in [1.807, 2.05) is 0 Å². The molecule has 0 saturated heterocycles. The molecule has 10 heavy (non-hydrogen) atoms. The summed E-state index contributed by atoms with van der Waals surface area (Å²) in [4.78, 5) is 11.3. The van der Waals surface area contributed by atoms with Gasteiger partial charge in [-0.1, -0.05) is 24.3 Å². The first-order valence-corrected chi connectivity index (χ1v) is 3.75. The molecule has 0 aliphatic heterocycles. The van der Waals surface area contributed by atoms with Gasteiger partial charge in [0, 0.05) is 11.8 Å². The van der Waals surface area contributed by atoms with Crippen LogP contribution in [0.2, 0.25) is 0 Å². The Morgan fingerprint density at radius 1 is 1.10 bits per heavy atom. The Morgan fingerprint density at radius 3 is 2.10 bits per heavy atom. The van der Waals surface area contributed by atoms with E-state index in [4.69, 9.17) is 0 Å². The molecule has 2 atom stereocenters. The molecular formula is C9H10O. The molecule has 0 aromatic rings. The number of ketones is 1. The number of hydrogen-bond donors (Lipinski definition) is 0. The number of Topliss-reactive ketones (excluding diaryl/α,β-unsaturated/α-hetero) is 1. The lowest BCUT2D eigenvalue weighted by Crippen LogP contribution is -2.12. The molecule has 2 aliphatic carbocycles. The van der Waals surface area contributed by atoms with Crippen molar-refractivity contribution < 1.29 is 4.79 Å². The van der Waals surface area contributed by atoms with Gasteiger partial charge in [-0.25, -0.2) is 0 Å². The molecule has 2 bridgehead atoms. The quantitative estimate of drug-likeness (QED) is 0.461. The van der Waals surface area contributed by atoms with Gasteiger partial charge in [-0.2, -0.15) is 0 Å². The average molecular weight is 134 g/mol. The van der Waals surface area contributed by atoms with Gasteiger partial charge in [-0.15, -0.1) is 0 Å². The highest BCUT2D eigenvalue weighted by Crippen LogP contribution is 2.28. The van der Waals surface area contributed by atoms with E-state index >= 15 is 0 Å². The summed E-state index contributed by atoms with van der Waals surface area (Å²) in [5.41, 5.74) is 0. The van der Waals surface area contributed by atoms with E-state index in [1.54, 1.807) is 0 Å². The SMILES string of the molecule is O=C1C2C=CC1CC=CC2. The number of fused-ring (bicyclic) bond motifs is 2. The molecule has 0 saturated carbocycles. The van der Waals surface area contributed by atoms with E-state index in [9.17, 15) is 4.79 Å². The second kappa shape index (κ2) is 2.08. The Morgan fingerprint density at radius 2 is 1.60 bits per heavy atom. The van der Waals surface area contributed by atoms with Crippen LogP contribution in [-0.2, 0) is 4.79 Å². The van der Waals surface area contributed by atoms with Crippen LogP contribution in [0.4, 0.5) is 0 Å². The molecule has 2 aliphatic rings. The minimum atomic E-state index is 0.212. The van der Waals surface area contributed by atoms with Gasteiger partial charge < -0.3 is 0 Å². The van der Waals surface area contributed by atoms with Crippen LogP contribution in [0.3, 0.4) is 0 Å². The van der Waals surface area contributed by atoms with Crippen molar-refractivity contribution in [3.05, 3.63) is 24.3 Å². The zero-order valence-corrected chi connectivity index (χ0v) is 5.79. The topological polar surface area (TPSA) is 17.1 Å². The number of allylic oxidation sites excluding steroid dienone is 4. The largest absolute Gasteiger partial charge is 0.298 e. The summed E-state index contributed by atoms with van der Waals surface area (Å²) in [7, 11) is 0. The molecule has 2 unspecified atom stereocenters. The lowest BCUT2D eigenvalue weighted by Gasteiger charge is -2.02. The fourth-order valence-electron chi connectivity index (χ4n) is 1.61. The van der Waals surface area contributed by atoms with Crippen molar-refractivity contribution in [1.29, 1.82) is 0 Å². The third-order valence-electron chi connectivity index (χ3n) is 2.25. The molecule has 0 amide bonds. The molecule has 0 heterocycles. The normalized spacial score (nSPS) is 36.6. The van der Waals surface area contributed by atoms with Gasteiger partial charge in [0.15, 0.2) is 0 Å². The number of carbonyl (C=O) groups is 1. The summed E-state index contributed by atoms with van der Waals surface area (Å²) in [6.45, 7) is 0. The fraction of sp³-hybridized carbons (Fsp3) is 0.444. The summed E-state index contributed by atoms with van der Waals surface area (Å²) in [5, 5.41) is 0. The van der Waals surface area contributed by atoms with Crippen molar-refractivity contribution in [1.82, 2.24) is 0 Å². The maximum absolute atomic E-state index is 11.3. The molecule has 1 heteroatoms. The summed E-state index contributed by atoms with van der Waals surface area (Å²) >= 11 is 0. The van der Waals surface area contributed by atoms with Gasteiger partial charge in [-0.3, -0.25) is 4.79 Å². The molecule has 0 fully saturated rings. The standard InChI is InChI=1S/C9H10O/c10-9-7-3-1-2-4-8(9)6-5-7/h1-2,5-8H,3-4H2. The Bertz CT molecular complexity index is 193. The van der Waals surface area contributed by atoms with Crippen LogP contribution in [0, 0.1) is 11.8 Å². The van der Waals surface area contributed by atoms with Gasteiger partial charge in [0.05, 0.1) is 0 Å². The molecule has 0 spiro atoms. The summed E-state index contributed by atoms with van der Waals surface area (Å²) in [6, 6.07) is 0. The highest BCUT2D eigenvalue weighted by atomic mass is 16.1. The fourth-order valence-corrected chi connectivity index (χ4v) is 1.61. The van der Waals surface area contributed by atoms with Crippen LogP contribution in [0.5, 0.6) is 0 Å². The van der Waals surface area contributed by atoms with Crippen molar-refractivity contribution >= 4 is 5.78 Å². The van der Waals surface area contributed by atoms with E-state index in [2.05, 4.69) is 24.3 Å². The molecule has 0 aromatic carbocycles. The highest BCUT2D eigenvalue weighted by molar-refractivity contribution is 5.89. The van der Waals surface area contributed by atoms with Crippen molar-refractivity contribution in [2.24, 2.45) is 11.8 Å². The van der Waals surface area contributed by atoms with Crippen LogP contribution in [0.25, 0.3) is 0 Å². The third kappa shape index (κ3) is 0.737. The van der Waals surface area contributed by atoms with Gasteiger partial charge >= 0.3 is 0 Å². The van der Waals surface area contributed by atoms with Crippen molar-refractivity contribution in [3.8, 4) is 0 Å². The number of carbonyl (C=O) groups excluding carboxylic acids is 1. The summed E-state index contributed by atoms with van der Waals surface area (Å²) < 4.78 is 0. The molecule has 2 rings (SSSR count).